The van der Waals surface area contributed by atoms with Crippen molar-refractivity contribution in [2.75, 3.05) is 19.0 Å². The van der Waals surface area contributed by atoms with E-state index in [1.165, 1.54) is 24.1 Å². The Morgan fingerprint density at radius 3 is 3.03 bits per heavy atom. The number of ether oxygens (including phenoxy) is 1. The van der Waals surface area contributed by atoms with E-state index in [1.807, 2.05) is 0 Å². The first kappa shape index (κ1) is 20.7. The fraction of sp³-hybridized carbons (Fsp3) is 0.368. The van der Waals surface area contributed by atoms with Gasteiger partial charge in [0, 0.05) is 25.6 Å². The van der Waals surface area contributed by atoms with Crippen LogP contribution in [0.3, 0.4) is 0 Å². The van der Waals surface area contributed by atoms with E-state index in [-0.39, 0.29) is 23.4 Å². The quantitative estimate of drug-likeness (QED) is 0.752. The molecule has 2 aromatic rings. The van der Waals surface area contributed by atoms with Gasteiger partial charge in [-0.15, -0.1) is 11.3 Å². The molecule has 1 aliphatic heterocycles. The van der Waals surface area contributed by atoms with Crippen LogP contribution in [-0.2, 0) is 16.1 Å². The molecule has 0 aliphatic carbocycles. The molecule has 2 atom stereocenters. The molecule has 1 aromatic heterocycles. The van der Waals surface area contributed by atoms with Gasteiger partial charge in [0.05, 0.1) is 11.8 Å². The predicted molar refractivity (Wildman–Crippen MR) is 104 cm³/mol. The lowest BCUT2D eigenvalue weighted by Gasteiger charge is -2.24. The first-order chi connectivity index (χ1) is 14.0. The fourth-order valence-corrected chi connectivity index (χ4v) is 3.64. The first-order valence-electron chi connectivity index (χ1n) is 9.00. The number of likely N-dealkylation sites (N-methyl/N-ethyl adjacent to an activating group) is 1. The number of nitrogens with zero attached hydrogens (tertiary/aromatic N) is 3. The third kappa shape index (κ3) is 5.28. The summed E-state index contributed by atoms with van der Waals surface area (Å²) in [5.41, 5.74) is 0.991. The molecule has 1 aromatic carbocycles. The van der Waals surface area contributed by atoms with Crippen LogP contribution in [0, 0.1) is 17.1 Å². The van der Waals surface area contributed by atoms with E-state index in [2.05, 4.69) is 21.7 Å². The lowest BCUT2D eigenvalue weighted by atomic mass is 10.1. The maximum atomic E-state index is 13.2. The molecule has 1 saturated heterocycles. The molecule has 0 saturated carbocycles. The number of urea groups is 1. The zero-order chi connectivity index (χ0) is 20.8. The Morgan fingerprint density at radius 1 is 1.52 bits per heavy atom. The van der Waals surface area contributed by atoms with Crippen molar-refractivity contribution in [1.29, 1.82) is 5.26 Å². The molecule has 2 heterocycles. The minimum atomic E-state index is -0.881. The molecule has 0 spiro atoms. The van der Waals surface area contributed by atoms with E-state index < -0.39 is 18.2 Å². The molecular formula is C19H20FN5O3S. The van der Waals surface area contributed by atoms with Gasteiger partial charge >= 0.3 is 6.03 Å². The van der Waals surface area contributed by atoms with Crippen LogP contribution < -0.4 is 10.6 Å². The number of nitriles is 1. The van der Waals surface area contributed by atoms with E-state index in [1.54, 1.807) is 17.5 Å². The number of carbonyl (C=O) groups is 2. The minimum Gasteiger partial charge on any atom is -0.368 e. The van der Waals surface area contributed by atoms with Gasteiger partial charge in [0.2, 0.25) is 0 Å². The lowest BCUT2D eigenvalue weighted by Crippen LogP contribution is -2.38. The summed E-state index contributed by atoms with van der Waals surface area (Å²) in [5, 5.41) is 16.6. The van der Waals surface area contributed by atoms with Crippen LogP contribution in [0.4, 0.5) is 14.3 Å². The van der Waals surface area contributed by atoms with E-state index in [9.17, 15) is 19.2 Å². The molecule has 10 heteroatoms. The van der Waals surface area contributed by atoms with E-state index >= 15 is 0 Å². The van der Waals surface area contributed by atoms with Crippen molar-refractivity contribution in [3.05, 3.63) is 46.7 Å². The summed E-state index contributed by atoms with van der Waals surface area (Å²) in [7, 11) is 1.54. The van der Waals surface area contributed by atoms with Gasteiger partial charge < -0.3 is 15.0 Å². The van der Waals surface area contributed by atoms with Crippen LogP contribution in [0.2, 0.25) is 0 Å². The minimum absolute atomic E-state index is 0.154. The van der Waals surface area contributed by atoms with E-state index in [0.29, 0.717) is 24.3 Å². The molecule has 0 bridgehead atoms. The van der Waals surface area contributed by atoms with Crippen molar-refractivity contribution < 1.29 is 18.7 Å². The number of aromatic nitrogens is 1. The molecule has 3 amide bonds. The normalized spacial score (nSPS) is 16.7. The van der Waals surface area contributed by atoms with Gasteiger partial charge in [0.15, 0.2) is 11.2 Å². The summed E-state index contributed by atoms with van der Waals surface area (Å²) in [4.78, 5) is 30.1. The number of hydrogen-bond donors (Lipinski definition) is 2. The highest BCUT2D eigenvalue weighted by Gasteiger charge is 2.31. The van der Waals surface area contributed by atoms with Crippen molar-refractivity contribution in [1.82, 2.24) is 15.2 Å². The second kappa shape index (κ2) is 9.45. The maximum Gasteiger partial charge on any atom is 0.321 e. The molecule has 1 fully saturated rings. The Morgan fingerprint density at radius 2 is 2.34 bits per heavy atom. The predicted octanol–water partition coefficient (Wildman–Crippen LogP) is 2.81. The van der Waals surface area contributed by atoms with Gasteiger partial charge in [0.25, 0.3) is 5.91 Å². The summed E-state index contributed by atoms with van der Waals surface area (Å²) in [6.07, 6.45) is 0.925. The highest BCUT2D eigenvalue weighted by atomic mass is 32.1. The van der Waals surface area contributed by atoms with Crippen molar-refractivity contribution in [2.24, 2.45) is 0 Å². The number of thiazole rings is 1. The summed E-state index contributed by atoms with van der Waals surface area (Å²) < 4.78 is 18.6. The molecular weight excluding hydrogens is 397 g/mol. The number of nitrogens with one attached hydrogen (secondary N) is 2. The van der Waals surface area contributed by atoms with E-state index in [4.69, 9.17) is 4.74 Å². The van der Waals surface area contributed by atoms with Gasteiger partial charge in [0.1, 0.15) is 11.9 Å². The fourth-order valence-electron chi connectivity index (χ4n) is 2.92. The number of hydrogen-bond acceptors (Lipinski definition) is 6. The topological polar surface area (TPSA) is 107 Å². The first-order valence-corrected chi connectivity index (χ1v) is 9.88. The van der Waals surface area contributed by atoms with Crippen LogP contribution >= 0.6 is 11.3 Å². The number of anilines is 1. The van der Waals surface area contributed by atoms with Gasteiger partial charge in [-0.05, 0) is 30.5 Å². The molecule has 8 nitrogen and oxygen atoms in total. The van der Waals surface area contributed by atoms with Crippen LogP contribution in [0.5, 0.6) is 0 Å². The summed E-state index contributed by atoms with van der Waals surface area (Å²) in [5.74, 6) is -0.636. The van der Waals surface area contributed by atoms with Crippen molar-refractivity contribution in [3.8, 4) is 6.07 Å². The summed E-state index contributed by atoms with van der Waals surface area (Å²) in [6.45, 7) is 0.693. The number of rotatable bonds is 6. The third-order valence-corrected chi connectivity index (χ3v) is 5.20. The van der Waals surface area contributed by atoms with Crippen LogP contribution in [0.15, 0.2) is 29.6 Å². The molecule has 2 unspecified atom stereocenters. The van der Waals surface area contributed by atoms with E-state index in [0.717, 1.165) is 17.8 Å². The monoisotopic (exact) mass is 417 g/mol. The number of halogens is 1. The number of benzene rings is 1. The average Bonchev–Trinajstić information content (AvgIpc) is 3.39. The van der Waals surface area contributed by atoms with Crippen LogP contribution in [0.25, 0.3) is 0 Å². The molecule has 2 N–H and O–H groups in total. The lowest BCUT2D eigenvalue weighted by molar-refractivity contribution is -0.140. The Labute approximate surface area is 171 Å². The van der Waals surface area contributed by atoms with Crippen LogP contribution in [-0.4, -0.2) is 41.6 Å². The highest BCUT2D eigenvalue weighted by Crippen LogP contribution is 2.26. The Balaban J connectivity index is 1.57. The van der Waals surface area contributed by atoms with Gasteiger partial charge in [-0.1, -0.05) is 12.1 Å². The zero-order valence-corrected chi connectivity index (χ0v) is 16.5. The maximum absolute atomic E-state index is 13.2. The molecule has 3 rings (SSSR count). The standard InChI is InChI=1S/C19H20FN5O3S/c1-25(17(26)16-6-3-7-28-16)15(9-21)14-11-29-19(23-14)24-18(27)22-10-12-4-2-5-13(20)8-12/h2,4-5,8,11,15-16H,3,6-7,10H2,1H3,(H2,22,23,24,27). The number of carbonyl (C=O) groups excluding carboxylic acids is 2. The summed E-state index contributed by atoms with van der Waals surface area (Å²) in [6, 6.07) is 6.60. The molecule has 1 aliphatic rings. The largest absolute Gasteiger partial charge is 0.368 e. The van der Waals surface area contributed by atoms with Crippen molar-refractivity contribution in [2.45, 2.75) is 31.5 Å². The van der Waals surface area contributed by atoms with Gasteiger partial charge in [-0.2, -0.15) is 5.26 Å². The third-order valence-electron chi connectivity index (χ3n) is 4.43. The average molecular weight is 417 g/mol. The highest BCUT2D eigenvalue weighted by molar-refractivity contribution is 7.13. The zero-order valence-electron chi connectivity index (χ0n) is 15.7. The smallest absolute Gasteiger partial charge is 0.321 e. The molecule has 0 radical (unpaired) electrons. The number of amides is 3. The Hall–Kier alpha value is -3.03. The Kier molecular flexibility index (Phi) is 6.74. The van der Waals surface area contributed by atoms with Gasteiger partial charge in [-0.3, -0.25) is 10.1 Å². The second-order valence-electron chi connectivity index (χ2n) is 6.50. The Bertz CT molecular complexity index is 923. The van der Waals surface area contributed by atoms with Gasteiger partial charge in [-0.25, -0.2) is 14.2 Å². The summed E-state index contributed by atoms with van der Waals surface area (Å²) >= 11 is 1.14. The van der Waals surface area contributed by atoms with Crippen molar-refractivity contribution in [3.63, 3.8) is 0 Å². The molecule has 29 heavy (non-hydrogen) atoms. The SMILES string of the molecule is CN(C(=O)C1CCCO1)C(C#N)c1csc(NC(=O)NCc2cccc(F)c2)n1. The van der Waals surface area contributed by atoms with Crippen molar-refractivity contribution >= 4 is 28.4 Å². The second-order valence-corrected chi connectivity index (χ2v) is 7.36. The van der Waals surface area contributed by atoms with Crippen LogP contribution in [0.1, 0.15) is 30.1 Å². The molecule has 152 valence electrons.